The average Bonchev–Trinajstić information content (AvgIpc) is 2.95. The topological polar surface area (TPSA) is 69.7 Å². The lowest BCUT2D eigenvalue weighted by Crippen LogP contribution is -2.55. The van der Waals surface area contributed by atoms with E-state index in [1.807, 2.05) is 30.3 Å². The van der Waals surface area contributed by atoms with Crippen LogP contribution in [-0.2, 0) is 11.3 Å². The van der Waals surface area contributed by atoms with Gasteiger partial charge in [-0.2, -0.15) is 0 Å². The molecule has 2 aromatic carbocycles. The number of nitrogens with zero attached hydrogens (tertiary/aromatic N) is 2. The Morgan fingerprint density at radius 1 is 1.03 bits per heavy atom. The Hall–Kier alpha value is -3.29. The van der Waals surface area contributed by atoms with Gasteiger partial charge in [0.15, 0.2) is 0 Å². The van der Waals surface area contributed by atoms with Gasteiger partial charge in [-0.05, 0) is 36.6 Å². The smallest absolute Gasteiger partial charge is 0.325 e. The van der Waals surface area contributed by atoms with E-state index in [1.165, 1.54) is 9.80 Å². The van der Waals surface area contributed by atoms with E-state index in [2.05, 4.69) is 5.32 Å². The summed E-state index contributed by atoms with van der Waals surface area (Å²) in [6.07, 6.45) is 0.428. The number of amides is 4. The van der Waals surface area contributed by atoms with E-state index in [4.69, 9.17) is 0 Å². The summed E-state index contributed by atoms with van der Waals surface area (Å²) < 4.78 is 27.3. The number of hydrogen-bond acceptors (Lipinski definition) is 3. The maximum atomic E-state index is 13.9. The van der Waals surface area contributed by atoms with E-state index in [1.54, 1.807) is 0 Å². The average molecular weight is 399 g/mol. The third-order valence-corrected chi connectivity index (χ3v) is 5.49. The summed E-state index contributed by atoms with van der Waals surface area (Å²) >= 11 is 0. The summed E-state index contributed by atoms with van der Waals surface area (Å²) in [4.78, 5) is 40.5. The summed E-state index contributed by atoms with van der Waals surface area (Å²) in [6.45, 7) is 0.477. The van der Waals surface area contributed by atoms with Crippen LogP contribution in [-0.4, -0.2) is 46.3 Å². The van der Waals surface area contributed by atoms with E-state index in [-0.39, 0.29) is 43.9 Å². The number of benzene rings is 2. The van der Waals surface area contributed by atoms with E-state index in [0.717, 1.165) is 23.8 Å². The van der Waals surface area contributed by atoms with Crippen molar-refractivity contribution in [3.63, 3.8) is 0 Å². The molecule has 2 heterocycles. The molecule has 4 amide bonds. The van der Waals surface area contributed by atoms with Gasteiger partial charge in [0.1, 0.15) is 17.2 Å². The van der Waals surface area contributed by atoms with Crippen molar-refractivity contribution in [2.75, 3.05) is 13.1 Å². The van der Waals surface area contributed by atoms with Gasteiger partial charge in [0, 0.05) is 13.1 Å². The van der Waals surface area contributed by atoms with Gasteiger partial charge in [-0.15, -0.1) is 0 Å². The van der Waals surface area contributed by atoms with Crippen molar-refractivity contribution in [3.8, 4) is 0 Å². The molecule has 29 heavy (non-hydrogen) atoms. The van der Waals surface area contributed by atoms with Crippen LogP contribution in [0.25, 0.3) is 0 Å². The van der Waals surface area contributed by atoms with Crippen LogP contribution >= 0.6 is 0 Å². The highest BCUT2D eigenvalue weighted by Crippen LogP contribution is 2.31. The summed E-state index contributed by atoms with van der Waals surface area (Å²) in [7, 11) is 0. The van der Waals surface area contributed by atoms with Crippen molar-refractivity contribution < 1.29 is 23.2 Å². The summed E-state index contributed by atoms with van der Waals surface area (Å²) in [6, 6.07) is 11.5. The molecule has 6 nitrogen and oxygen atoms in total. The predicted molar refractivity (Wildman–Crippen MR) is 99.8 cm³/mol. The predicted octanol–water partition coefficient (Wildman–Crippen LogP) is 2.69. The molecule has 1 N–H and O–H groups in total. The second kappa shape index (κ2) is 7.27. The van der Waals surface area contributed by atoms with Crippen molar-refractivity contribution in [1.29, 1.82) is 0 Å². The number of likely N-dealkylation sites (tertiary alicyclic amines) is 1. The summed E-state index contributed by atoms with van der Waals surface area (Å²) in [5, 5.41) is 2.77. The SMILES string of the molecule is O=C(c1cc(F)ccc1F)N1CCC2(CC1)NC(=O)N(Cc1ccccc1)C2=O. The largest absolute Gasteiger partial charge is 0.338 e. The molecule has 8 heteroatoms. The molecule has 0 radical (unpaired) electrons. The second-order valence-corrected chi connectivity index (χ2v) is 7.31. The van der Waals surface area contributed by atoms with Gasteiger partial charge < -0.3 is 10.2 Å². The molecular formula is C21H19F2N3O3. The number of piperidine rings is 1. The number of imide groups is 1. The highest BCUT2D eigenvalue weighted by Gasteiger charge is 2.52. The fraction of sp³-hybridized carbons (Fsp3) is 0.286. The molecule has 2 saturated heterocycles. The van der Waals surface area contributed by atoms with E-state index < -0.39 is 29.1 Å². The molecule has 2 fully saturated rings. The Morgan fingerprint density at radius 3 is 2.41 bits per heavy atom. The molecule has 150 valence electrons. The number of carbonyl (C=O) groups is 3. The maximum Gasteiger partial charge on any atom is 0.325 e. The second-order valence-electron chi connectivity index (χ2n) is 7.31. The van der Waals surface area contributed by atoms with Gasteiger partial charge in [0.25, 0.3) is 11.8 Å². The van der Waals surface area contributed by atoms with Crippen LogP contribution in [0.4, 0.5) is 13.6 Å². The Kier molecular flexibility index (Phi) is 4.77. The van der Waals surface area contributed by atoms with Crippen molar-refractivity contribution in [1.82, 2.24) is 15.1 Å². The minimum absolute atomic E-state index is 0.153. The van der Waals surface area contributed by atoms with Gasteiger partial charge in [0.2, 0.25) is 0 Å². The van der Waals surface area contributed by atoms with E-state index in [9.17, 15) is 23.2 Å². The molecule has 4 rings (SSSR count). The molecule has 0 unspecified atom stereocenters. The lowest BCUT2D eigenvalue weighted by atomic mass is 9.87. The van der Waals surface area contributed by atoms with Gasteiger partial charge in [0.05, 0.1) is 12.1 Å². The van der Waals surface area contributed by atoms with Gasteiger partial charge in [-0.3, -0.25) is 14.5 Å². The molecule has 1 spiro atoms. The summed E-state index contributed by atoms with van der Waals surface area (Å²) in [5.74, 6) is -2.45. The first-order chi connectivity index (χ1) is 13.9. The Bertz CT molecular complexity index is 972. The zero-order chi connectivity index (χ0) is 20.6. The third-order valence-electron chi connectivity index (χ3n) is 5.49. The normalized spacial score (nSPS) is 18.3. The Morgan fingerprint density at radius 2 is 1.72 bits per heavy atom. The van der Waals surface area contributed by atoms with Crippen molar-refractivity contribution in [3.05, 3.63) is 71.3 Å². The van der Waals surface area contributed by atoms with Crippen LogP contribution < -0.4 is 5.32 Å². The molecule has 0 saturated carbocycles. The minimum Gasteiger partial charge on any atom is -0.338 e. The van der Waals surface area contributed by atoms with E-state index >= 15 is 0 Å². The number of nitrogens with one attached hydrogen (secondary N) is 1. The standard InChI is InChI=1S/C21H19F2N3O3/c22-15-6-7-17(23)16(12-15)18(27)25-10-8-21(9-11-25)19(28)26(20(29)24-21)13-14-4-2-1-3-5-14/h1-7,12H,8-11,13H2,(H,24,29). The van der Waals surface area contributed by atoms with E-state index in [0.29, 0.717) is 0 Å². The molecule has 0 aromatic heterocycles. The molecule has 2 aromatic rings. The van der Waals surface area contributed by atoms with Gasteiger partial charge >= 0.3 is 6.03 Å². The van der Waals surface area contributed by atoms with Crippen molar-refractivity contribution >= 4 is 17.8 Å². The number of hydrogen-bond donors (Lipinski definition) is 1. The Balaban J connectivity index is 1.46. The molecular weight excluding hydrogens is 380 g/mol. The Labute approximate surface area is 166 Å². The lowest BCUT2D eigenvalue weighted by Gasteiger charge is -2.37. The fourth-order valence-electron chi connectivity index (χ4n) is 3.85. The molecule has 2 aliphatic rings. The zero-order valence-corrected chi connectivity index (χ0v) is 15.5. The van der Waals surface area contributed by atoms with Crippen LogP contribution in [0.2, 0.25) is 0 Å². The highest BCUT2D eigenvalue weighted by molar-refractivity contribution is 6.07. The first-order valence-electron chi connectivity index (χ1n) is 9.32. The first-order valence-corrected chi connectivity index (χ1v) is 9.32. The molecule has 0 aliphatic carbocycles. The van der Waals surface area contributed by atoms with Crippen molar-refractivity contribution in [2.24, 2.45) is 0 Å². The van der Waals surface area contributed by atoms with Crippen LogP contribution in [0.1, 0.15) is 28.8 Å². The van der Waals surface area contributed by atoms with Crippen LogP contribution in [0.3, 0.4) is 0 Å². The number of carbonyl (C=O) groups excluding carboxylic acids is 3. The number of halogens is 2. The molecule has 0 atom stereocenters. The van der Waals surface area contributed by atoms with Crippen LogP contribution in [0, 0.1) is 11.6 Å². The van der Waals surface area contributed by atoms with Crippen LogP contribution in [0.5, 0.6) is 0 Å². The molecule has 2 aliphatic heterocycles. The first kappa shape index (κ1) is 19.0. The number of rotatable bonds is 3. The lowest BCUT2D eigenvalue weighted by molar-refractivity contribution is -0.133. The monoisotopic (exact) mass is 399 g/mol. The fourth-order valence-corrected chi connectivity index (χ4v) is 3.85. The zero-order valence-electron chi connectivity index (χ0n) is 15.5. The highest BCUT2D eigenvalue weighted by atomic mass is 19.1. The molecule has 0 bridgehead atoms. The quantitative estimate of drug-likeness (QED) is 0.807. The minimum atomic E-state index is -1.07. The van der Waals surface area contributed by atoms with Crippen molar-refractivity contribution in [2.45, 2.75) is 24.9 Å². The third kappa shape index (κ3) is 3.46. The van der Waals surface area contributed by atoms with Gasteiger partial charge in [-0.25, -0.2) is 13.6 Å². The summed E-state index contributed by atoms with van der Waals surface area (Å²) in [5.41, 5.74) is -0.570. The van der Waals surface area contributed by atoms with Gasteiger partial charge in [-0.1, -0.05) is 30.3 Å². The van der Waals surface area contributed by atoms with Crippen LogP contribution in [0.15, 0.2) is 48.5 Å². The number of urea groups is 1. The maximum absolute atomic E-state index is 13.9.